The summed E-state index contributed by atoms with van der Waals surface area (Å²) in [6.07, 6.45) is 1.42. The van der Waals surface area contributed by atoms with Gasteiger partial charge in [-0.15, -0.1) is 0 Å². The van der Waals surface area contributed by atoms with E-state index in [0.717, 1.165) is 6.42 Å². The Morgan fingerprint density at radius 1 is 1.19 bits per heavy atom. The fourth-order valence-corrected chi connectivity index (χ4v) is 4.66. The third-order valence-corrected chi connectivity index (χ3v) is 6.95. The van der Waals surface area contributed by atoms with Crippen molar-refractivity contribution >= 4 is 32.7 Å². The van der Waals surface area contributed by atoms with Gasteiger partial charge < -0.3 is 13.9 Å². The molecule has 0 atom stereocenters. The minimum absolute atomic E-state index is 0.0253. The highest BCUT2D eigenvalue weighted by atomic mass is 32.2. The first-order valence-electron chi connectivity index (χ1n) is 9.29. The zero-order valence-corrected chi connectivity index (χ0v) is 17.8. The van der Waals surface area contributed by atoms with Gasteiger partial charge in [0.05, 0.1) is 23.9 Å². The van der Waals surface area contributed by atoms with Crippen LogP contribution in [-0.4, -0.2) is 42.9 Å². The summed E-state index contributed by atoms with van der Waals surface area (Å²) in [5.74, 6) is -0.294. The summed E-state index contributed by atoms with van der Waals surface area (Å²) in [5, 5.41) is 0. The molecule has 31 heavy (non-hydrogen) atoms. The summed E-state index contributed by atoms with van der Waals surface area (Å²) in [6, 6.07) is 5.25. The van der Waals surface area contributed by atoms with E-state index in [1.165, 1.54) is 37.4 Å². The van der Waals surface area contributed by atoms with Gasteiger partial charge in [0.2, 0.25) is 5.89 Å². The van der Waals surface area contributed by atoms with E-state index < -0.39 is 21.6 Å². The highest BCUT2D eigenvalue weighted by molar-refractivity contribution is 8.00. The molecule has 1 aliphatic heterocycles. The van der Waals surface area contributed by atoms with Crippen LogP contribution in [0.5, 0.6) is 0 Å². The first kappa shape index (κ1) is 22.1. The van der Waals surface area contributed by atoms with Crippen LogP contribution in [0.4, 0.5) is 13.2 Å². The third kappa shape index (κ3) is 4.86. The second-order valence-corrected chi connectivity index (χ2v) is 10.0. The number of fused-ring (bicyclic) bond motifs is 1. The summed E-state index contributed by atoms with van der Waals surface area (Å²) >= 11 is -0.272. The highest BCUT2D eigenvalue weighted by Crippen LogP contribution is 2.39. The van der Waals surface area contributed by atoms with Crippen LogP contribution in [0, 0.1) is 0 Å². The first-order valence-corrected chi connectivity index (χ1v) is 11.8. The van der Waals surface area contributed by atoms with Gasteiger partial charge in [0.15, 0.2) is 21.7 Å². The van der Waals surface area contributed by atoms with Gasteiger partial charge in [-0.2, -0.15) is 13.2 Å². The Morgan fingerprint density at radius 3 is 2.61 bits per heavy atom. The Bertz CT molecular complexity index is 1200. The Kier molecular flexibility index (Phi) is 5.99. The van der Waals surface area contributed by atoms with Crippen LogP contribution in [0.1, 0.15) is 25.2 Å². The number of aromatic nitrogens is 2. The molecule has 0 amide bonds. The lowest BCUT2D eigenvalue weighted by atomic mass is 10.2. The molecule has 7 nitrogen and oxygen atoms in total. The minimum atomic E-state index is -4.44. The van der Waals surface area contributed by atoms with Gasteiger partial charge >= 0.3 is 5.51 Å². The number of pyridine rings is 1. The van der Waals surface area contributed by atoms with Crippen molar-refractivity contribution in [3.05, 3.63) is 36.0 Å². The molecule has 0 bridgehead atoms. The molecule has 3 heterocycles. The Morgan fingerprint density at radius 2 is 1.94 bits per heavy atom. The Balaban J connectivity index is 1.78. The van der Waals surface area contributed by atoms with Crippen molar-refractivity contribution in [2.75, 3.05) is 19.0 Å². The van der Waals surface area contributed by atoms with E-state index in [0.29, 0.717) is 18.8 Å². The van der Waals surface area contributed by atoms with Crippen LogP contribution < -0.4 is 0 Å². The number of rotatable bonds is 5. The lowest BCUT2D eigenvalue weighted by Gasteiger charge is -2.23. The standard InChI is InChI=1S/C19H17F3N2O5S2/c1-2-31(25,26)15-8-11(18-27-6-3-7-28-18)10-23-16(15)17-24-13-9-12(30-19(20,21)22)4-5-14(13)29-17/h4-5,8-10,18H,2-3,6-7H2,1H3. The fourth-order valence-electron chi connectivity index (χ4n) is 3.03. The van der Waals surface area contributed by atoms with Gasteiger partial charge in [0, 0.05) is 16.7 Å². The van der Waals surface area contributed by atoms with Crippen molar-refractivity contribution in [2.24, 2.45) is 0 Å². The molecule has 1 fully saturated rings. The number of oxazole rings is 1. The topological polar surface area (TPSA) is 91.5 Å². The van der Waals surface area contributed by atoms with Crippen LogP contribution in [0.15, 0.2) is 44.7 Å². The maximum atomic E-state index is 12.7. The maximum Gasteiger partial charge on any atom is 0.446 e. The number of ether oxygens (including phenoxy) is 2. The monoisotopic (exact) mass is 474 g/mol. The zero-order chi connectivity index (χ0) is 22.2. The van der Waals surface area contributed by atoms with E-state index in [-0.39, 0.29) is 50.0 Å². The lowest BCUT2D eigenvalue weighted by Crippen LogP contribution is -2.19. The summed E-state index contributed by atoms with van der Waals surface area (Å²) in [6.45, 7) is 2.45. The highest BCUT2D eigenvalue weighted by Gasteiger charge is 2.30. The molecule has 3 aromatic rings. The number of benzene rings is 1. The van der Waals surface area contributed by atoms with E-state index >= 15 is 0 Å². The van der Waals surface area contributed by atoms with E-state index in [1.54, 1.807) is 0 Å². The molecule has 2 aromatic heterocycles. The summed E-state index contributed by atoms with van der Waals surface area (Å²) < 4.78 is 80.1. The van der Waals surface area contributed by atoms with Crippen molar-refractivity contribution < 1.29 is 35.5 Å². The van der Waals surface area contributed by atoms with Crippen LogP contribution in [0.25, 0.3) is 22.7 Å². The molecule has 0 radical (unpaired) electrons. The quantitative estimate of drug-likeness (QED) is 0.490. The molecule has 1 saturated heterocycles. The zero-order valence-electron chi connectivity index (χ0n) is 16.2. The molecule has 1 aromatic carbocycles. The molecule has 0 aliphatic carbocycles. The molecule has 0 saturated carbocycles. The molecule has 12 heteroatoms. The number of nitrogens with zero attached hydrogens (tertiary/aromatic N) is 2. The van der Waals surface area contributed by atoms with Crippen molar-refractivity contribution in [1.82, 2.24) is 9.97 Å². The Labute approximate surface area is 179 Å². The van der Waals surface area contributed by atoms with Gasteiger partial charge in [0.1, 0.15) is 11.2 Å². The molecule has 0 N–H and O–H groups in total. The van der Waals surface area contributed by atoms with Crippen molar-refractivity contribution in [3.8, 4) is 11.6 Å². The normalized spacial score (nSPS) is 16.1. The predicted octanol–water partition coefficient (Wildman–Crippen LogP) is 4.73. The third-order valence-electron chi connectivity index (χ3n) is 4.48. The average molecular weight is 474 g/mol. The number of thioether (sulfide) groups is 1. The largest absolute Gasteiger partial charge is 0.446 e. The van der Waals surface area contributed by atoms with E-state index in [4.69, 9.17) is 13.9 Å². The summed E-state index contributed by atoms with van der Waals surface area (Å²) in [5.41, 5.74) is -3.65. The van der Waals surface area contributed by atoms with Crippen molar-refractivity contribution in [3.63, 3.8) is 0 Å². The molecule has 166 valence electrons. The molecular formula is C19H17F3N2O5S2. The number of sulfone groups is 1. The second kappa shape index (κ2) is 8.41. The predicted molar refractivity (Wildman–Crippen MR) is 106 cm³/mol. The smallest absolute Gasteiger partial charge is 0.435 e. The van der Waals surface area contributed by atoms with Gasteiger partial charge in [-0.25, -0.2) is 18.4 Å². The molecule has 1 aliphatic rings. The van der Waals surface area contributed by atoms with Crippen LogP contribution in [-0.2, 0) is 19.3 Å². The van der Waals surface area contributed by atoms with Crippen molar-refractivity contribution in [2.45, 2.75) is 34.9 Å². The Hall–Kier alpha value is -2.15. The number of alkyl halides is 3. The fraction of sp³-hybridized carbons (Fsp3) is 0.368. The molecule has 4 rings (SSSR count). The molecule has 0 unspecified atom stereocenters. The number of hydrogen-bond donors (Lipinski definition) is 0. The maximum absolute atomic E-state index is 12.7. The van der Waals surface area contributed by atoms with E-state index in [2.05, 4.69) is 9.97 Å². The summed E-state index contributed by atoms with van der Waals surface area (Å²) in [7, 11) is -3.73. The molecular weight excluding hydrogens is 457 g/mol. The van der Waals surface area contributed by atoms with Crippen LogP contribution in [0.3, 0.4) is 0 Å². The van der Waals surface area contributed by atoms with Gasteiger partial charge in [-0.3, -0.25) is 0 Å². The van der Waals surface area contributed by atoms with Crippen LogP contribution >= 0.6 is 11.8 Å². The SMILES string of the molecule is CCS(=O)(=O)c1cc(C2OCCCO2)cnc1-c1nc2cc(SC(F)(F)F)ccc2o1. The second-order valence-electron chi connectivity index (χ2n) is 6.64. The summed E-state index contributed by atoms with van der Waals surface area (Å²) in [4.78, 5) is 8.25. The van der Waals surface area contributed by atoms with Gasteiger partial charge in [-0.1, -0.05) is 6.92 Å². The first-order chi connectivity index (χ1) is 14.7. The molecule has 0 spiro atoms. The number of halogens is 3. The lowest BCUT2D eigenvalue weighted by molar-refractivity contribution is -0.183. The minimum Gasteiger partial charge on any atom is -0.435 e. The average Bonchev–Trinajstić information content (AvgIpc) is 3.16. The van der Waals surface area contributed by atoms with Gasteiger partial charge in [0.25, 0.3) is 0 Å². The van der Waals surface area contributed by atoms with Gasteiger partial charge in [-0.05, 0) is 42.4 Å². The van der Waals surface area contributed by atoms with Crippen molar-refractivity contribution in [1.29, 1.82) is 0 Å². The van der Waals surface area contributed by atoms with E-state index in [1.807, 2.05) is 0 Å². The van der Waals surface area contributed by atoms with E-state index in [9.17, 15) is 21.6 Å². The van der Waals surface area contributed by atoms with Crippen LogP contribution in [0.2, 0.25) is 0 Å². The number of hydrogen-bond acceptors (Lipinski definition) is 8.